The number of halogens is 1. The summed E-state index contributed by atoms with van der Waals surface area (Å²) in [6.45, 7) is 4.19. The monoisotopic (exact) mass is 435 g/mol. The van der Waals surface area contributed by atoms with Crippen LogP contribution in [0.4, 0.5) is 5.69 Å². The number of aryl methyl sites for hydroxylation is 2. The molecule has 0 spiro atoms. The van der Waals surface area contributed by atoms with E-state index >= 15 is 0 Å². The molecule has 3 aromatic rings. The molecule has 0 aromatic heterocycles. The van der Waals surface area contributed by atoms with Gasteiger partial charge in [0.25, 0.3) is 0 Å². The minimum absolute atomic E-state index is 0.427. The van der Waals surface area contributed by atoms with E-state index in [9.17, 15) is 9.59 Å². The van der Waals surface area contributed by atoms with Crippen LogP contribution in [0.15, 0.2) is 71.8 Å². The Hall–Kier alpha value is -3.64. The van der Waals surface area contributed by atoms with Crippen molar-refractivity contribution in [3.63, 3.8) is 0 Å². The first-order valence-electron chi connectivity index (χ1n) is 9.59. The summed E-state index contributed by atoms with van der Waals surface area (Å²) in [7, 11) is 0. The second-order valence-corrected chi connectivity index (χ2v) is 7.39. The van der Waals surface area contributed by atoms with Gasteiger partial charge in [0, 0.05) is 10.7 Å². The molecule has 2 amide bonds. The average Bonchev–Trinajstić information content (AvgIpc) is 2.76. The van der Waals surface area contributed by atoms with Gasteiger partial charge < -0.3 is 10.1 Å². The smallest absolute Gasteiger partial charge is 0.329 e. The summed E-state index contributed by atoms with van der Waals surface area (Å²) in [5, 5.41) is 7.11. The summed E-state index contributed by atoms with van der Waals surface area (Å²) in [6.07, 6.45) is 1.45. The molecular formula is C24H22ClN3O3. The number of ether oxygens (including phenoxy) is 1. The fourth-order valence-electron chi connectivity index (χ4n) is 2.66. The number of hydrogen-bond acceptors (Lipinski definition) is 4. The molecule has 7 heteroatoms. The number of nitrogens with zero attached hydrogens (tertiary/aromatic N) is 1. The zero-order valence-electron chi connectivity index (χ0n) is 17.2. The van der Waals surface area contributed by atoms with E-state index in [1.165, 1.54) is 6.21 Å². The first kappa shape index (κ1) is 22.1. The molecule has 0 saturated heterocycles. The summed E-state index contributed by atoms with van der Waals surface area (Å²) < 4.78 is 5.73. The molecule has 0 bridgehead atoms. The minimum atomic E-state index is -0.847. The van der Waals surface area contributed by atoms with Crippen LogP contribution in [0.1, 0.15) is 22.3 Å². The number of carbonyl (C=O) groups excluding carboxylic acids is 2. The molecule has 0 atom stereocenters. The molecule has 3 rings (SSSR count). The number of anilines is 1. The van der Waals surface area contributed by atoms with Crippen molar-refractivity contribution < 1.29 is 14.3 Å². The van der Waals surface area contributed by atoms with Gasteiger partial charge in [0.1, 0.15) is 12.4 Å². The van der Waals surface area contributed by atoms with Gasteiger partial charge in [-0.3, -0.25) is 9.59 Å². The molecular weight excluding hydrogens is 414 g/mol. The Bertz CT molecular complexity index is 1090. The van der Waals surface area contributed by atoms with Crippen molar-refractivity contribution in [2.45, 2.75) is 20.5 Å². The van der Waals surface area contributed by atoms with Crippen LogP contribution >= 0.6 is 11.6 Å². The Labute approximate surface area is 185 Å². The molecule has 0 radical (unpaired) electrons. The second kappa shape index (κ2) is 10.4. The Morgan fingerprint density at radius 2 is 1.68 bits per heavy atom. The van der Waals surface area contributed by atoms with Gasteiger partial charge in [-0.05, 0) is 78.6 Å². The SMILES string of the molecule is Cc1ccc(C)c(NC(=O)C(=O)N/N=C/c2ccc(OCc3ccc(Cl)cc3)cc2)c1. The number of benzene rings is 3. The highest BCUT2D eigenvalue weighted by Crippen LogP contribution is 2.16. The molecule has 2 N–H and O–H groups in total. The van der Waals surface area contributed by atoms with Crippen LogP contribution in [0.3, 0.4) is 0 Å². The van der Waals surface area contributed by atoms with E-state index in [0.717, 1.165) is 22.3 Å². The van der Waals surface area contributed by atoms with Crippen molar-refractivity contribution in [2.24, 2.45) is 5.10 Å². The second-order valence-electron chi connectivity index (χ2n) is 6.96. The van der Waals surface area contributed by atoms with Crippen molar-refractivity contribution in [1.82, 2.24) is 5.43 Å². The maximum absolute atomic E-state index is 12.0. The van der Waals surface area contributed by atoms with Gasteiger partial charge in [0.05, 0.1) is 6.21 Å². The van der Waals surface area contributed by atoms with E-state index in [1.54, 1.807) is 30.3 Å². The van der Waals surface area contributed by atoms with Crippen LogP contribution in [0.2, 0.25) is 5.02 Å². The Balaban J connectivity index is 1.48. The van der Waals surface area contributed by atoms with Crippen LogP contribution in [0.5, 0.6) is 5.75 Å². The van der Waals surface area contributed by atoms with Crippen molar-refractivity contribution in [2.75, 3.05) is 5.32 Å². The van der Waals surface area contributed by atoms with Crippen molar-refractivity contribution in [1.29, 1.82) is 0 Å². The normalized spacial score (nSPS) is 10.7. The largest absolute Gasteiger partial charge is 0.489 e. The standard InChI is InChI=1S/C24H22ClN3O3/c1-16-3-4-17(2)22(13-16)27-23(29)24(30)28-26-14-18-7-11-21(12-8-18)31-15-19-5-9-20(25)10-6-19/h3-14H,15H2,1-2H3,(H,27,29)(H,28,30)/b26-14+. The minimum Gasteiger partial charge on any atom is -0.489 e. The third kappa shape index (κ3) is 6.69. The fraction of sp³-hybridized carbons (Fsp3) is 0.125. The molecule has 0 aliphatic rings. The van der Waals surface area contributed by atoms with Crippen molar-refractivity contribution in [3.8, 4) is 5.75 Å². The molecule has 0 aliphatic heterocycles. The number of nitrogens with one attached hydrogen (secondary N) is 2. The number of amides is 2. The summed E-state index contributed by atoms with van der Waals surface area (Å²) in [6, 6.07) is 20.2. The predicted octanol–water partition coefficient (Wildman–Crippen LogP) is 4.62. The van der Waals surface area contributed by atoms with Gasteiger partial charge in [0.15, 0.2) is 0 Å². The van der Waals surface area contributed by atoms with E-state index in [1.807, 2.05) is 50.2 Å². The molecule has 0 aliphatic carbocycles. The number of hydrogen-bond donors (Lipinski definition) is 2. The molecule has 31 heavy (non-hydrogen) atoms. The van der Waals surface area contributed by atoms with Crippen LogP contribution in [-0.2, 0) is 16.2 Å². The maximum Gasteiger partial charge on any atom is 0.329 e. The predicted molar refractivity (Wildman–Crippen MR) is 123 cm³/mol. The van der Waals surface area contributed by atoms with Crippen LogP contribution in [0, 0.1) is 13.8 Å². The van der Waals surface area contributed by atoms with Gasteiger partial charge in [-0.15, -0.1) is 0 Å². The summed E-state index contributed by atoms with van der Waals surface area (Å²) in [5.41, 5.74) is 6.43. The van der Waals surface area contributed by atoms with Crippen LogP contribution < -0.4 is 15.5 Å². The Kier molecular flexibility index (Phi) is 7.40. The maximum atomic E-state index is 12.0. The molecule has 0 saturated carbocycles. The van der Waals surface area contributed by atoms with E-state index in [-0.39, 0.29) is 0 Å². The lowest BCUT2D eigenvalue weighted by Crippen LogP contribution is -2.32. The highest BCUT2D eigenvalue weighted by atomic mass is 35.5. The zero-order valence-corrected chi connectivity index (χ0v) is 17.9. The summed E-state index contributed by atoms with van der Waals surface area (Å²) in [4.78, 5) is 24.0. The Morgan fingerprint density at radius 3 is 2.39 bits per heavy atom. The number of hydrazone groups is 1. The van der Waals surface area contributed by atoms with E-state index in [0.29, 0.717) is 23.1 Å². The topological polar surface area (TPSA) is 79.8 Å². The molecule has 0 fully saturated rings. The molecule has 0 unspecified atom stereocenters. The number of rotatable bonds is 6. The average molecular weight is 436 g/mol. The quantitative estimate of drug-likeness (QED) is 0.336. The van der Waals surface area contributed by atoms with Gasteiger partial charge in [-0.25, -0.2) is 5.43 Å². The van der Waals surface area contributed by atoms with Crippen LogP contribution in [0.25, 0.3) is 0 Å². The fourth-order valence-corrected chi connectivity index (χ4v) is 2.79. The summed E-state index contributed by atoms with van der Waals surface area (Å²) >= 11 is 5.87. The lowest BCUT2D eigenvalue weighted by Gasteiger charge is -2.08. The van der Waals surface area contributed by atoms with Crippen molar-refractivity contribution >= 4 is 35.3 Å². The van der Waals surface area contributed by atoms with E-state index < -0.39 is 11.8 Å². The molecule has 6 nitrogen and oxygen atoms in total. The van der Waals surface area contributed by atoms with Gasteiger partial charge in [0.2, 0.25) is 0 Å². The van der Waals surface area contributed by atoms with Gasteiger partial charge in [-0.2, -0.15) is 5.10 Å². The first-order valence-corrected chi connectivity index (χ1v) is 9.97. The van der Waals surface area contributed by atoms with Crippen molar-refractivity contribution in [3.05, 3.63) is 94.0 Å². The summed E-state index contributed by atoms with van der Waals surface area (Å²) in [5.74, 6) is -0.930. The third-order valence-electron chi connectivity index (χ3n) is 4.43. The molecule has 3 aromatic carbocycles. The lowest BCUT2D eigenvalue weighted by atomic mass is 10.1. The van der Waals surface area contributed by atoms with Crippen LogP contribution in [-0.4, -0.2) is 18.0 Å². The van der Waals surface area contributed by atoms with Gasteiger partial charge in [-0.1, -0.05) is 35.9 Å². The molecule has 0 heterocycles. The first-order chi connectivity index (χ1) is 14.9. The van der Waals surface area contributed by atoms with Gasteiger partial charge >= 0.3 is 11.8 Å². The van der Waals surface area contributed by atoms with E-state index in [4.69, 9.17) is 16.3 Å². The number of carbonyl (C=O) groups is 2. The molecule has 158 valence electrons. The van der Waals surface area contributed by atoms with E-state index in [2.05, 4.69) is 15.8 Å². The Morgan fingerprint density at radius 1 is 0.968 bits per heavy atom. The highest BCUT2D eigenvalue weighted by molar-refractivity contribution is 6.39. The lowest BCUT2D eigenvalue weighted by molar-refractivity contribution is -0.136. The zero-order chi connectivity index (χ0) is 22.2. The third-order valence-corrected chi connectivity index (χ3v) is 4.68. The highest BCUT2D eigenvalue weighted by Gasteiger charge is 2.14.